The molecule has 0 aliphatic carbocycles. The van der Waals surface area contributed by atoms with E-state index in [1.807, 2.05) is 6.92 Å². The fourth-order valence-electron chi connectivity index (χ4n) is 1.86. The van der Waals surface area contributed by atoms with Crippen LogP contribution in [0.15, 0.2) is 30.5 Å². The van der Waals surface area contributed by atoms with E-state index in [0.29, 0.717) is 40.7 Å². The fraction of sp³-hybridized carbons (Fsp3) is 0.143. The van der Waals surface area contributed by atoms with Gasteiger partial charge in [-0.1, -0.05) is 6.07 Å². The van der Waals surface area contributed by atoms with Gasteiger partial charge in [0.2, 0.25) is 11.8 Å². The Balaban J connectivity index is 2.02. The summed E-state index contributed by atoms with van der Waals surface area (Å²) in [4.78, 5) is 8.61. The van der Waals surface area contributed by atoms with Crippen LogP contribution < -0.4 is 10.1 Å². The predicted molar refractivity (Wildman–Crippen MR) is 77.1 cm³/mol. The minimum atomic E-state index is 0.389. The number of nitriles is 1. The molecule has 0 fully saturated rings. The van der Waals surface area contributed by atoms with E-state index in [9.17, 15) is 0 Å². The second-order valence-corrected chi connectivity index (χ2v) is 4.26. The molecule has 0 atom stereocenters. The summed E-state index contributed by atoms with van der Waals surface area (Å²) in [6.07, 6.45) is 1.61. The van der Waals surface area contributed by atoms with Crippen molar-refractivity contribution in [2.75, 3.05) is 11.9 Å². The largest absolute Gasteiger partial charge is 0.438 e. The van der Waals surface area contributed by atoms with Crippen LogP contribution in [0.4, 0.5) is 5.95 Å². The summed E-state index contributed by atoms with van der Waals surface area (Å²) in [7, 11) is 0. The first-order valence-electron chi connectivity index (χ1n) is 6.43. The Labute approximate surface area is 120 Å². The molecular weight excluding hydrogens is 268 g/mol. The molecule has 0 radical (unpaired) electrons. The molecule has 3 aromatic rings. The number of ether oxygens (including phenoxy) is 1. The zero-order valence-corrected chi connectivity index (χ0v) is 11.3. The summed E-state index contributed by atoms with van der Waals surface area (Å²) in [5.74, 6) is 1.39. The molecule has 0 aliphatic heterocycles. The third-order valence-corrected chi connectivity index (χ3v) is 2.79. The third kappa shape index (κ3) is 2.60. The van der Waals surface area contributed by atoms with Crippen molar-refractivity contribution in [2.45, 2.75) is 6.92 Å². The van der Waals surface area contributed by atoms with Crippen molar-refractivity contribution in [2.24, 2.45) is 0 Å². The standard InChI is InChI=1S/C14H12N6O/c1-2-16-14-18-12-11(8-17-20-12)13(19-14)21-10-5-3-4-9(6-10)7-15/h3-6,8H,2H2,1H3,(H2,16,17,18,19,20). The quantitative estimate of drug-likeness (QED) is 0.761. The minimum Gasteiger partial charge on any atom is -0.438 e. The van der Waals surface area contributed by atoms with Crippen LogP contribution in [0.25, 0.3) is 11.0 Å². The molecule has 2 N–H and O–H groups in total. The summed E-state index contributed by atoms with van der Waals surface area (Å²) in [6, 6.07) is 8.96. The smallest absolute Gasteiger partial charge is 0.235 e. The maximum Gasteiger partial charge on any atom is 0.235 e. The van der Waals surface area contributed by atoms with Crippen LogP contribution in [-0.2, 0) is 0 Å². The van der Waals surface area contributed by atoms with Gasteiger partial charge in [-0.3, -0.25) is 5.10 Å². The van der Waals surface area contributed by atoms with Gasteiger partial charge < -0.3 is 10.1 Å². The highest BCUT2D eigenvalue weighted by atomic mass is 16.5. The van der Waals surface area contributed by atoms with E-state index in [0.717, 1.165) is 0 Å². The number of aromatic amines is 1. The second-order valence-electron chi connectivity index (χ2n) is 4.26. The molecule has 0 spiro atoms. The van der Waals surface area contributed by atoms with E-state index in [2.05, 4.69) is 31.6 Å². The predicted octanol–water partition coefficient (Wildman–Crippen LogP) is 2.45. The first-order chi connectivity index (χ1) is 10.3. The van der Waals surface area contributed by atoms with Crippen LogP contribution in [0.5, 0.6) is 11.6 Å². The highest BCUT2D eigenvalue weighted by Gasteiger charge is 2.11. The number of anilines is 1. The summed E-state index contributed by atoms with van der Waals surface area (Å²) in [5.41, 5.74) is 1.12. The lowest BCUT2D eigenvalue weighted by Gasteiger charge is -2.08. The molecule has 1 aromatic carbocycles. The van der Waals surface area contributed by atoms with Crippen LogP contribution in [0.3, 0.4) is 0 Å². The van der Waals surface area contributed by atoms with Crippen LogP contribution in [-0.4, -0.2) is 26.7 Å². The Morgan fingerprint density at radius 1 is 1.38 bits per heavy atom. The van der Waals surface area contributed by atoms with E-state index in [4.69, 9.17) is 10.00 Å². The molecule has 0 unspecified atom stereocenters. The van der Waals surface area contributed by atoms with E-state index >= 15 is 0 Å². The van der Waals surface area contributed by atoms with Gasteiger partial charge in [0.05, 0.1) is 17.8 Å². The molecule has 2 aromatic heterocycles. The normalized spacial score (nSPS) is 10.3. The number of aromatic nitrogens is 4. The van der Waals surface area contributed by atoms with Gasteiger partial charge in [-0.2, -0.15) is 20.3 Å². The Morgan fingerprint density at radius 2 is 2.29 bits per heavy atom. The monoisotopic (exact) mass is 280 g/mol. The molecule has 7 heteroatoms. The molecule has 0 bridgehead atoms. The number of hydrogen-bond acceptors (Lipinski definition) is 6. The van der Waals surface area contributed by atoms with Crippen molar-refractivity contribution in [1.29, 1.82) is 5.26 Å². The molecule has 0 saturated carbocycles. The van der Waals surface area contributed by atoms with Crippen molar-refractivity contribution < 1.29 is 4.74 Å². The molecule has 21 heavy (non-hydrogen) atoms. The lowest BCUT2D eigenvalue weighted by molar-refractivity contribution is 0.469. The Bertz CT molecular complexity index is 820. The highest BCUT2D eigenvalue weighted by Crippen LogP contribution is 2.27. The van der Waals surface area contributed by atoms with Gasteiger partial charge in [-0.25, -0.2) is 0 Å². The van der Waals surface area contributed by atoms with Crippen molar-refractivity contribution in [3.05, 3.63) is 36.0 Å². The number of nitrogens with one attached hydrogen (secondary N) is 2. The minimum absolute atomic E-state index is 0.389. The van der Waals surface area contributed by atoms with Crippen LogP contribution in [0.1, 0.15) is 12.5 Å². The SMILES string of the molecule is CCNc1nc(Oc2cccc(C#N)c2)c2cn[nH]c2n1. The maximum absolute atomic E-state index is 8.92. The number of nitrogens with zero attached hydrogens (tertiary/aromatic N) is 4. The molecular formula is C14H12N6O. The van der Waals surface area contributed by atoms with Gasteiger partial charge in [0, 0.05) is 6.54 Å². The number of fused-ring (bicyclic) bond motifs is 1. The van der Waals surface area contributed by atoms with Gasteiger partial charge >= 0.3 is 0 Å². The number of hydrogen-bond donors (Lipinski definition) is 2. The lowest BCUT2D eigenvalue weighted by Crippen LogP contribution is -2.03. The first-order valence-corrected chi connectivity index (χ1v) is 6.43. The topological polar surface area (TPSA) is 99.5 Å². The second kappa shape index (κ2) is 5.46. The number of rotatable bonds is 4. The zero-order chi connectivity index (χ0) is 14.7. The van der Waals surface area contributed by atoms with Crippen LogP contribution in [0.2, 0.25) is 0 Å². The van der Waals surface area contributed by atoms with E-state index < -0.39 is 0 Å². The maximum atomic E-state index is 8.92. The average molecular weight is 280 g/mol. The molecule has 0 amide bonds. The zero-order valence-electron chi connectivity index (χ0n) is 11.3. The number of H-pyrrole nitrogens is 1. The average Bonchev–Trinajstić information content (AvgIpc) is 2.96. The molecule has 104 valence electrons. The molecule has 3 rings (SSSR count). The van der Waals surface area contributed by atoms with Crippen LogP contribution >= 0.6 is 0 Å². The lowest BCUT2D eigenvalue weighted by atomic mass is 10.2. The van der Waals surface area contributed by atoms with Gasteiger partial charge in [0.25, 0.3) is 0 Å². The Morgan fingerprint density at radius 3 is 3.10 bits per heavy atom. The molecule has 7 nitrogen and oxygen atoms in total. The Kier molecular flexibility index (Phi) is 3.35. The summed E-state index contributed by atoms with van der Waals surface area (Å²) in [5, 5.41) is 19.4. The van der Waals surface area contributed by atoms with Crippen molar-refractivity contribution in [3.63, 3.8) is 0 Å². The molecule has 0 saturated heterocycles. The van der Waals surface area contributed by atoms with E-state index in [1.54, 1.807) is 30.5 Å². The van der Waals surface area contributed by atoms with Crippen molar-refractivity contribution >= 4 is 17.0 Å². The van der Waals surface area contributed by atoms with E-state index in [1.165, 1.54) is 0 Å². The summed E-state index contributed by atoms with van der Waals surface area (Å²) < 4.78 is 5.78. The summed E-state index contributed by atoms with van der Waals surface area (Å²) in [6.45, 7) is 2.65. The fourth-order valence-corrected chi connectivity index (χ4v) is 1.86. The van der Waals surface area contributed by atoms with Gasteiger partial charge in [0.15, 0.2) is 5.65 Å². The third-order valence-electron chi connectivity index (χ3n) is 2.79. The van der Waals surface area contributed by atoms with E-state index in [-0.39, 0.29) is 0 Å². The highest BCUT2D eigenvalue weighted by molar-refractivity contribution is 5.80. The van der Waals surface area contributed by atoms with Gasteiger partial charge in [0.1, 0.15) is 11.1 Å². The van der Waals surface area contributed by atoms with Gasteiger partial charge in [-0.05, 0) is 25.1 Å². The molecule has 0 aliphatic rings. The van der Waals surface area contributed by atoms with Crippen molar-refractivity contribution in [1.82, 2.24) is 20.2 Å². The number of benzene rings is 1. The van der Waals surface area contributed by atoms with Crippen LogP contribution in [0, 0.1) is 11.3 Å². The first kappa shape index (κ1) is 12.9. The van der Waals surface area contributed by atoms with Gasteiger partial charge in [-0.15, -0.1) is 0 Å². The van der Waals surface area contributed by atoms with Crippen molar-refractivity contribution in [3.8, 4) is 17.7 Å². The Hall–Kier alpha value is -3.14. The summed E-state index contributed by atoms with van der Waals surface area (Å²) >= 11 is 0. The molecule has 2 heterocycles.